The van der Waals surface area contributed by atoms with Gasteiger partial charge in [0.15, 0.2) is 5.13 Å². The quantitative estimate of drug-likeness (QED) is 0.884. The minimum Gasteiger partial charge on any atom is -0.356 e. The van der Waals surface area contributed by atoms with Crippen molar-refractivity contribution in [3.8, 4) is 0 Å². The van der Waals surface area contributed by atoms with Gasteiger partial charge in [0.2, 0.25) is 0 Å². The van der Waals surface area contributed by atoms with Gasteiger partial charge >= 0.3 is 0 Å². The van der Waals surface area contributed by atoms with E-state index in [1.54, 1.807) is 17.4 Å². The van der Waals surface area contributed by atoms with E-state index >= 15 is 0 Å². The lowest BCUT2D eigenvalue weighted by atomic mass is 9.75. The number of nitrogens with zero attached hydrogens (tertiary/aromatic N) is 1. The molecule has 2 nitrogen and oxygen atoms in total. The van der Waals surface area contributed by atoms with Gasteiger partial charge in [-0.15, -0.1) is 0 Å². The number of nitrogens with one attached hydrogen (secondary N) is 1. The van der Waals surface area contributed by atoms with Crippen molar-refractivity contribution in [1.29, 1.82) is 0 Å². The number of hydrogen-bond donors (Lipinski definition) is 1. The standard InChI is InChI=1S/C13H15FN2S/c1-2-13(6-3-7-13)16-12-15-10-8-9(14)4-5-11(10)17-12/h4-5,8H,2-3,6-7H2,1H3,(H,15,16). The van der Waals surface area contributed by atoms with Gasteiger partial charge in [-0.3, -0.25) is 0 Å². The minimum atomic E-state index is -0.219. The van der Waals surface area contributed by atoms with E-state index in [-0.39, 0.29) is 11.4 Å². The van der Waals surface area contributed by atoms with E-state index in [9.17, 15) is 4.39 Å². The molecule has 3 rings (SSSR count). The largest absolute Gasteiger partial charge is 0.356 e. The molecule has 4 heteroatoms. The van der Waals surface area contributed by atoms with Crippen molar-refractivity contribution < 1.29 is 4.39 Å². The third-order valence-corrected chi connectivity index (χ3v) is 4.66. The molecule has 1 aliphatic rings. The van der Waals surface area contributed by atoms with Crippen molar-refractivity contribution in [2.75, 3.05) is 5.32 Å². The number of anilines is 1. The van der Waals surface area contributed by atoms with Crippen LogP contribution in [0.15, 0.2) is 18.2 Å². The number of aromatic nitrogens is 1. The number of fused-ring (bicyclic) bond motifs is 1. The average Bonchev–Trinajstić information content (AvgIpc) is 2.65. The SMILES string of the molecule is CCC1(Nc2nc3cc(F)ccc3s2)CCC1. The molecule has 1 fully saturated rings. The summed E-state index contributed by atoms with van der Waals surface area (Å²) in [5.41, 5.74) is 0.995. The van der Waals surface area contributed by atoms with Crippen molar-refractivity contribution in [2.24, 2.45) is 0 Å². The highest BCUT2D eigenvalue weighted by molar-refractivity contribution is 7.22. The molecule has 0 atom stereocenters. The lowest BCUT2D eigenvalue weighted by Crippen LogP contribution is -2.44. The van der Waals surface area contributed by atoms with E-state index in [0.717, 1.165) is 21.8 Å². The second-order valence-electron chi connectivity index (χ2n) is 4.74. The number of benzene rings is 1. The Kier molecular flexibility index (Phi) is 2.54. The monoisotopic (exact) mass is 250 g/mol. The van der Waals surface area contributed by atoms with Gasteiger partial charge in [0.1, 0.15) is 5.82 Å². The summed E-state index contributed by atoms with van der Waals surface area (Å²) in [6.45, 7) is 2.21. The van der Waals surface area contributed by atoms with Crippen LogP contribution < -0.4 is 5.32 Å². The highest BCUT2D eigenvalue weighted by Crippen LogP contribution is 2.39. The van der Waals surface area contributed by atoms with E-state index < -0.39 is 0 Å². The molecule has 1 aliphatic carbocycles. The Labute approximate surface area is 104 Å². The molecular formula is C13H15FN2S. The summed E-state index contributed by atoms with van der Waals surface area (Å²) in [4.78, 5) is 4.46. The van der Waals surface area contributed by atoms with Crippen molar-refractivity contribution >= 4 is 26.7 Å². The van der Waals surface area contributed by atoms with Crippen molar-refractivity contribution in [3.05, 3.63) is 24.0 Å². The van der Waals surface area contributed by atoms with Gasteiger partial charge in [0.05, 0.1) is 10.2 Å². The molecule has 0 unspecified atom stereocenters. The van der Waals surface area contributed by atoms with Crippen LogP contribution in [0.2, 0.25) is 0 Å². The molecule has 0 bridgehead atoms. The molecule has 1 N–H and O–H groups in total. The van der Waals surface area contributed by atoms with Crippen LogP contribution in [0.1, 0.15) is 32.6 Å². The Morgan fingerprint density at radius 1 is 1.47 bits per heavy atom. The summed E-state index contributed by atoms with van der Waals surface area (Å²) in [6.07, 6.45) is 4.85. The van der Waals surface area contributed by atoms with Crippen LogP contribution in [0.25, 0.3) is 10.2 Å². The Bertz CT molecular complexity index is 540. The van der Waals surface area contributed by atoms with Crippen LogP contribution in [0.4, 0.5) is 9.52 Å². The highest BCUT2D eigenvalue weighted by atomic mass is 32.1. The lowest BCUT2D eigenvalue weighted by molar-refractivity contribution is 0.269. The summed E-state index contributed by atoms with van der Waals surface area (Å²) in [6, 6.07) is 4.78. The Morgan fingerprint density at radius 2 is 2.29 bits per heavy atom. The second-order valence-corrected chi connectivity index (χ2v) is 5.77. The van der Waals surface area contributed by atoms with Crippen LogP contribution in [0, 0.1) is 5.82 Å². The minimum absolute atomic E-state index is 0.219. The summed E-state index contributed by atoms with van der Waals surface area (Å²) < 4.78 is 14.1. The molecule has 0 amide bonds. The number of thiazole rings is 1. The number of hydrogen-bond acceptors (Lipinski definition) is 3. The summed E-state index contributed by atoms with van der Waals surface area (Å²) in [5.74, 6) is -0.219. The highest BCUT2D eigenvalue weighted by Gasteiger charge is 2.35. The van der Waals surface area contributed by atoms with Crippen LogP contribution in [0.5, 0.6) is 0 Å². The molecule has 0 saturated heterocycles. The third-order valence-electron chi connectivity index (χ3n) is 3.71. The summed E-state index contributed by atoms with van der Waals surface area (Å²) in [5, 5.41) is 4.46. The molecule has 17 heavy (non-hydrogen) atoms. The first-order valence-electron chi connectivity index (χ1n) is 6.05. The van der Waals surface area contributed by atoms with Crippen molar-refractivity contribution in [2.45, 2.75) is 38.1 Å². The van der Waals surface area contributed by atoms with Gasteiger partial charge in [0.25, 0.3) is 0 Å². The van der Waals surface area contributed by atoms with E-state index in [2.05, 4.69) is 17.2 Å². The fraction of sp³-hybridized carbons (Fsp3) is 0.462. The van der Waals surface area contributed by atoms with E-state index in [4.69, 9.17) is 0 Å². The predicted octanol–water partition coefficient (Wildman–Crippen LogP) is 4.18. The maximum atomic E-state index is 13.1. The predicted molar refractivity (Wildman–Crippen MR) is 70.1 cm³/mol. The van der Waals surface area contributed by atoms with Crippen molar-refractivity contribution in [3.63, 3.8) is 0 Å². The normalized spacial score (nSPS) is 18.0. The molecule has 0 aliphatic heterocycles. The maximum Gasteiger partial charge on any atom is 0.184 e. The number of rotatable bonds is 3. The molecule has 1 heterocycles. The van der Waals surface area contributed by atoms with Crippen molar-refractivity contribution in [1.82, 2.24) is 4.98 Å². The summed E-state index contributed by atoms with van der Waals surface area (Å²) in [7, 11) is 0. The van der Waals surface area contributed by atoms with E-state index in [1.807, 2.05) is 0 Å². The topological polar surface area (TPSA) is 24.9 Å². The zero-order valence-electron chi connectivity index (χ0n) is 9.79. The van der Waals surface area contributed by atoms with Gasteiger partial charge in [-0.05, 0) is 37.8 Å². The van der Waals surface area contributed by atoms with E-state index in [0.29, 0.717) is 0 Å². The second kappa shape index (κ2) is 3.95. The maximum absolute atomic E-state index is 13.1. The lowest BCUT2D eigenvalue weighted by Gasteiger charge is -2.41. The van der Waals surface area contributed by atoms with E-state index in [1.165, 1.54) is 31.4 Å². The third kappa shape index (κ3) is 1.90. The van der Waals surface area contributed by atoms with Gasteiger partial charge in [0, 0.05) is 11.6 Å². The van der Waals surface area contributed by atoms with Crippen LogP contribution in [0.3, 0.4) is 0 Å². The smallest absolute Gasteiger partial charge is 0.184 e. The van der Waals surface area contributed by atoms with Gasteiger partial charge in [-0.1, -0.05) is 18.3 Å². The zero-order chi connectivity index (χ0) is 11.9. The van der Waals surface area contributed by atoms with Gasteiger partial charge in [-0.2, -0.15) is 0 Å². The fourth-order valence-corrected chi connectivity index (χ4v) is 3.32. The Morgan fingerprint density at radius 3 is 2.94 bits per heavy atom. The molecule has 1 aromatic carbocycles. The fourth-order valence-electron chi connectivity index (χ4n) is 2.35. The van der Waals surface area contributed by atoms with Gasteiger partial charge < -0.3 is 5.32 Å². The average molecular weight is 250 g/mol. The first-order chi connectivity index (χ1) is 8.21. The first-order valence-corrected chi connectivity index (χ1v) is 6.87. The van der Waals surface area contributed by atoms with Gasteiger partial charge in [-0.25, -0.2) is 9.37 Å². The first kappa shape index (κ1) is 11.0. The van der Waals surface area contributed by atoms with Crippen LogP contribution in [-0.2, 0) is 0 Å². The van der Waals surface area contributed by atoms with Crippen LogP contribution >= 0.6 is 11.3 Å². The molecule has 1 saturated carbocycles. The molecule has 0 radical (unpaired) electrons. The molecular weight excluding hydrogens is 235 g/mol. The van der Waals surface area contributed by atoms with Crippen LogP contribution in [-0.4, -0.2) is 10.5 Å². The molecule has 0 spiro atoms. The Balaban J connectivity index is 1.90. The molecule has 2 aromatic rings. The Hall–Kier alpha value is -1.16. The number of halogens is 1. The molecule has 90 valence electrons. The molecule has 1 aromatic heterocycles. The summed E-state index contributed by atoms with van der Waals surface area (Å²) >= 11 is 1.61. The zero-order valence-corrected chi connectivity index (χ0v) is 10.6.